The number of nitrogens with zero attached hydrogens (tertiary/aromatic N) is 1. The Labute approximate surface area is 69.7 Å². The van der Waals surface area contributed by atoms with E-state index in [2.05, 4.69) is 6.07 Å². The molecule has 0 spiro atoms. The van der Waals surface area contributed by atoms with Crippen LogP contribution in [0.5, 0.6) is 0 Å². The predicted molar refractivity (Wildman–Crippen MR) is 44.3 cm³/mol. The van der Waals surface area contributed by atoms with Gasteiger partial charge < -0.3 is 5.11 Å². The van der Waals surface area contributed by atoms with Crippen LogP contribution in [-0.4, -0.2) is 5.11 Å². The van der Waals surface area contributed by atoms with Crippen LogP contribution in [0.2, 0.25) is 0 Å². The first-order valence-corrected chi connectivity index (χ1v) is 4.19. The summed E-state index contributed by atoms with van der Waals surface area (Å²) in [6, 6.07) is 5.81. The van der Waals surface area contributed by atoms with Crippen molar-refractivity contribution in [3.8, 4) is 6.07 Å². The Kier molecular flexibility index (Phi) is 2.64. The lowest BCUT2D eigenvalue weighted by molar-refractivity contribution is 0.203. The first-order valence-electron chi connectivity index (χ1n) is 3.37. The SMILES string of the molecule is CC(O)c1ccc(CC#N)s1. The highest BCUT2D eigenvalue weighted by Crippen LogP contribution is 2.22. The summed E-state index contributed by atoms with van der Waals surface area (Å²) >= 11 is 1.49. The van der Waals surface area contributed by atoms with Gasteiger partial charge in [0.15, 0.2) is 0 Å². The van der Waals surface area contributed by atoms with Crippen LogP contribution in [0.4, 0.5) is 0 Å². The minimum absolute atomic E-state index is 0.410. The molecule has 1 aromatic rings. The Morgan fingerprint density at radius 3 is 2.91 bits per heavy atom. The van der Waals surface area contributed by atoms with Crippen molar-refractivity contribution < 1.29 is 5.11 Å². The van der Waals surface area contributed by atoms with Crippen molar-refractivity contribution in [3.63, 3.8) is 0 Å². The monoisotopic (exact) mass is 167 g/mol. The molecule has 3 heteroatoms. The lowest BCUT2D eigenvalue weighted by atomic mass is 10.3. The van der Waals surface area contributed by atoms with Gasteiger partial charge in [0, 0.05) is 9.75 Å². The molecule has 0 aliphatic heterocycles. The summed E-state index contributed by atoms with van der Waals surface area (Å²) in [6.45, 7) is 1.72. The zero-order valence-corrected chi connectivity index (χ0v) is 7.06. The molecule has 0 aliphatic rings. The third-order valence-corrected chi connectivity index (χ3v) is 2.60. The smallest absolute Gasteiger partial charge is 0.0854 e. The topological polar surface area (TPSA) is 44.0 Å². The van der Waals surface area contributed by atoms with Gasteiger partial charge in [-0.3, -0.25) is 0 Å². The highest BCUT2D eigenvalue weighted by atomic mass is 32.1. The number of hydrogen-bond acceptors (Lipinski definition) is 3. The molecule has 1 atom stereocenters. The molecule has 0 saturated carbocycles. The van der Waals surface area contributed by atoms with Crippen LogP contribution in [0.1, 0.15) is 22.8 Å². The number of hydrogen-bond donors (Lipinski definition) is 1. The quantitative estimate of drug-likeness (QED) is 0.730. The van der Waals surface area contributed by atoms with Gasteiger partial charge in [0.05, 0.1) is 18.6 Å². The average Bonchev–Trinajstić information content (AvgIpc) is 2.37. The van der Waals surface area contributed by atoms with Crippen LogP contribution >= 0.6 is 11.3 Å². The molecular weight excluding hydrogens is 158 g/mol. The van der Waals surface area contributed by atoms with E-state index in [1.54, 1.807) is 6.92 Å². The van der Waals surface area contributed by atoms with Crippen LogP contribution in [0.3, 0.4) is 0 Å². The fourth-order valence-corrected chi connectivity index (χ4v) is 1.67. The van der Waals surface area contributed by atoms with E-state index in [1.807, 2.05) is 12.1 Å². The maximum Gasteiger partial charge on any atom is 0.0854 e. The van der Waals surface area contributed by atoms with Gasteiger partial charge in [-0.15, -0.1) is 11.3 Å². The summed E-state index contributed by atoms with van der Waals surface area (Å²) in [7, 11) is 0. The molecule has 0 fully saturated rings. The van der Waals surface area contributed by atoms with Gasteiger partial charge in [0.2, 0.25) is 0 Å². The van der Waals surface area contributed by atoms with Crippen LogP contribution in [0.15, 0.2) is 12.1 Å². The predicted octanol–water partition coefficient (Wildman–Crippen LogP) is 1.87. The van der Waals surface area contributed by atoms with Gasteiger partial charge >= 0.3 is 0 Å². The molecule has 2 nitrogen and oxygen atoms in total. The highest BCUT2D eigenvalue weighted by Gasteiger charge is 2.03. The number of thiophene rings is 1. The van der Waals surface area contributed by atoms with Gasteiger partial charge in [-0.25, -0.2) is 0 Å². The number of aliphatic hydroxyl groups excluding tert-OH is 1. The molecule has 1 aromatic heterocycles. The fourth-order valence-electron chi connectivity index (χ4n) is 0.792. The van der Waals surface area contributed by atoms with Crippen molar-refractivity contribution in [3.05, 3.63) is 21.9 Å². The van der Waals surface area contributed by atoms with Crippen LogP contribution in [-0.2, 0) is 6.42 Å². The van der Waals surface area contributed by atoms with Crippen molar-refractivity contribution in [2.24, 2.45) is 0 Å². The van der Waals surface area contributed by atoms with Crippen LogP contribution in [0, 0.1) is 11.3 Å². The van der Waals surface area contributed by atoms with Gasteiger partial charge in [0.25, 0.3) is 0 Å². The van der Waals surface area contributed by atoms with E-state index >= 15 is 0 Å². The van der Waals surface area contributed by atoms with Crippen molar-refractivity contribution >= 4 is 11.3 Å². The van der Waals surface area contributed by atoms with Crippen molar-refractivity contribution in [1.82, 2.24) is 0 Å². The minimum Gasteiger partial charge on any atom is -0.388 e. The Bertz CT molecular complexity index is 272. The zero-order chi connectivity index (χ0) is 8.27. The molecule has 58 valence electrons. The first-order chi connectivity index (χ1) is 5.24. The molecule has 1 heterocycles. The molecule has 1 unspecified atom stereocenters. The molecule has 0 bridgehead atoms. The normalized spacial score (nSPS) is 12.5. The van der Waals surface area contributed by atoms with Gasteiger partial charge in [-0.2, -0.15) is 5.26 Å². The van der Waals surface area contributed by atoms with Gasteiger partial charge in [-0.05, 0) is 19.1 Å². The number of aliphatic hydroxyl groups is 1. The van der Waals surface area contributed by atoms with Crippen LogP contribution < -0.4 is 0 Å². The Balaban J connectivity index is 2.75. The van der Waals surface area contributed by atoms with E-state index in [9.17, 15) is 0 Å². The second-order valence-electron chi connectivity index (χ2n) is 2.31. The molecule has 0 amide bonds. The second-order valence-corrected chi connectivity index (χ2v) is 3.51. The van der Waals surface area contributed by atoms with E-state index < -0.39 is 6.10 Å². The van der Waals surface area contributed by atoms with E-state index in [1.165, 1.54) is 11.3 Å². The molecule has 0 radical (unpaired) electrons. The summed E-state index contributed by atoms with van der Waals surface area (Å²) in [5, 5.41) is 17.5. The van der Waals surface area contributed by atoms with E-state index in [0.717, 1.165) is 9.75 Å². The zero-order valence-electron chi connectivity index (χ0n) is 6.24. The summed E-state index contributed by atoms with van der Waals surface area (Å²) in [5.74, 6) is 0. The Morgan fingerprint density at radius 1 is 1.73 bits per heavy atom. The number of nitriles is 1. The Hall–Kier alpha value is -0.850. The minimum atomic E-state index is -0.410. The second kappa shape index (κ2) is 3.51. The summed E-state index contributed by atoms with van der Waals surface area (Å²) < 4.78 is 0. The number of rotatable bonds is 2. The van der Waals surface area contributed by atoms with Gasteiger partial charge in [-0.1, -0.05) is 0 Å². The summed E-state index contributed by atoms with van der Waals surface area (Å²) in [6.07, 6.45) is 0.0321. The van der Waals surface area contributed by atoms with Crippen molar-refractivity contribution in [1.29, 1.82) is 5.26 Å². The molecule has 0 aliphatic carbocycles. The van der Waals surface area contributed by atoms with Crippen molar-refractivity contribution in [2.45, 2.75) is 19.4 Å². The van der Waals surface area contributed by atoms with Gasteiger partial charge in [0.1, 0.15) is 0 Å². The lowest BCUT2D eigenvalue weighted by Gasteiger charge is -1.96. The molecule has 0 saturated heterocycles. The van der Waals surface area contributed by atoms with Crippen molar-refractivity contribution in [2.75, 3.05) is 0 Å². The highest BCUT2D eigenvalue weighted by molar-refractivity contribution is 7.12. The molecule has 0 aromatic carbocycles. The first kappa shape index (κ1) is 8.25. The van der Waals surface area contributed by atoms with E-state index in [-0.39, 0.29) is 0 Å². The fraction of sp³-hybridized carbons (Fsp3) is 0.375. The largest absolute Gasteiger partial charge is 0.388 e. The average molecular weight is 167 g/mol. The van der Waals surface area contributed by atoms with Crippen LogP contribution in [0.25, 0.3) is 0 Å². The maximum atomic E-state index is 9.13. The summed E-state index contributed by atoms with van der Waals surface area (Å²) in [4.78, 5) is 1.94. The summed E-state index contributed by atoms with van der Waals surface area (Å²) in [5.41, 5.74) is 0. The lowest BCUT2D eigenvalue weighted by Crippen LogP contribution is -1.83. The maximum absolute atomic E-state index is 9.13. The third-order valence-electron chi connectivity index (χ3n) is 1.35. The van der Waals surface area contributed by atoms with E-state index in [0.29, 0.717) is 6.42 Å². The van der Waals surface area contributed by atoms with E-state index in [4.69, 9.17) is 10.4 Å². The third kappa shape index (κ3) is 2.04. The molecule has 1 rings (SSSR count). The Morgan fingerprint density at radius 2 is 2.45 bits per heavy atom. The molecular formula is C8H9NOS. The molecule has 11 heavy (non-hydrogen) atoms. The standard InChI is InChI=1S/C8H9NOS/c1-6(10)8-3-2-7(11-8)4-5-9/h2-3,6,10H,4H2,1H3. The molecule has 1 N–H and O–H groups in total.